The van der Waals surface area contributed by atoms with Crippen molar-refractivity contribution in [2.45, 2.75) is 38.8 Å². The van der Waals surface area contributed by atoms with Crippen LogP contribution < -0.4 is 0 Å². The molecule has 1 saturated heterocycles. The van der Waals surface area contributed by atoms with E-state index in [9.17, 15) is 4.79 Å². The van der Waals surface area contributed by atoms with Gasteiger partial charge >= 0.3 is 0 Å². The van der Waals surface area contributed by atoms with E-state index in [0.717, 1.165) is 32.4 Å². The first-order valence-electron chi connectivity index (χ1n) is 8.18. The van der Waals surface area contributed by atoms with E-state index < -0.39 is 0 Å². The van der Waals surface area contributed by atoms with Crippen molar-refractivity contribution in [3.8, 4) is 0 Å². The van der Waals surface area contributed by atoms with Gasteiger partial charge < -0.3 is 9.64 Å². The fourth-order valence-electron chi connectivity index (χ4n) is 2.90. The van der Waals surface area contributed by atoms with Crippen LogP contribution in [0.4, 0.5) is 0 Å². The third kappa shape index (κ3) is 4.78. The van der Waals surface area contributed by atoms with Gasteiger partial charge in [-0.25, -0.2) is 0 Å². The Balaban J connectivity index is 1.95. The summed E-state index contributed by atoms with van der Waals surface area (Å²) in [6.45, 7) is 5.70. The molecule has 1 atom stereocenters. The predicted molar refractivity (Wildman–Crippen MR) is 86.4 cm³/mol. The molecule has 2 rings (SSSR count). The zero-order valence-electron chi connectivity index (χ0n) is 13.7. The Morgan fingerprint density at radius 1 is 1.50 bits per heavy atom. The second-order valence-corrected chi connectivity index (χ2v) is 5.80. The molecular formula is C17H27N3O2. The van der Waals surface area contributed by atoms with Crippen molar-refractivity contribution in [1.29, 1.82) is 0 Å². The van der Waals surface area contributed by atoms with E-state index in [1.807, 2.05) is 31.1 Å². The highest BCUT2D eigenvalue weighted by Gasteiger charge is 2.30. The lowest BCUT2D eigenvalue weighted by atomic mass is 10.00. The first-order chi connectivity index (χ1) is 10.7. The molecule has 1 aliphatic heterocycles. The largest absolute Gasteiger partial charge is 0.380 e. The first kappa shape index (κ1) is 16.9. The Labute approximate surface area is 133 Å². The van der Waals surface area contributed by atoms with Crippen LogP contribution in [0.15, 0.2) is 24.5 Å². The molecule has 1 amide bonds. The number of carbonyl (C=O) groups excluding carboxylic acids is 1. The molecule has 5 heteroatoms. The molecule has 1 aromatic rings. The average molecular weight is 305 g/mol. The van der Waals surface area contributed by atoms with Crippen LogP contribution in [0.25, 0.3) is 0 Å². The normalized spacial score (nSPS) is 19.1. The van der Waals surface area contributed by atoms with Gasteiger partial charge in [0, 0.05) is 39.1 Å². The second kappa shape index (κ2) is 8.86. The Hall–Kier alpha value is -1.46. The third-order valence-corrected chi connectivity index (χ3v) is 4.16. The average Bonchev–Trinajstić information content (AvgIpc) is 2.56. The summed E-state index contributed by atoms with van der Waals surface area (Å²) in [5.41, 5.74) is 1.17. The Morgan fingerprint density at radius 2 is 2.36 bits per heavy atom. The Morgan fingerprint density at radius 3 is 3.09 bits per heavy atom. The maximum atomic E-state index is 12.7. The van der Waals surface area contributed by atoms with Gasteiger partial charge in [0.1, 0.15) is 0 Å². The fraction of sp³-hybridized carbons (Fsp3) is 0.647. The van der Waals surface area contributed by atoms with Gasteiger partial charge in [-0.3, -0.25) is 14.7 Å². The maximum absolute atomic E-state index is 12.7. The minimum atomic E-state index is -0.0133. The van der Waals surface area contributed by atoms with Crippen LogP contribution in [0.1, 0.15) is 31.7 Å². The fourth-order valence-corrected chi connectivity index (χ4v) is 2.90. The number of piperidine rings is 1. The monoisotopic (exact) mass is 305 g/mol. The van der Waals surface area contributed by atoms with Crippen LogP contribution in [-0.2, 0) is 16.1 Å². The van der Waals surface area contributed by atoms with Crippen LogP contribution in [0, 0.1) is 0 Å². The molecule has 1 aromatic heterocycles. The molecule has 0 radical (unpaired) electrons. The van der Waals surface area contributed by atoms with Gasteiger partial charge in [0.15, 0.2) is 0 Å². The standard InChI is InChI=1S/C17H27N3O2/c1-3-22-12-11-19(2)17(21)16-8-4-5-10-20(16)14-15-7-6-9-18-13-15/h6-7,9,13,16H,3-5,8,10-12,14H2,1-2H3. The molecule has 0 bridgehead atoms. The van der Waals surface area contributed by atoms with E-state index >= 15 is 0 Å². The lowest BCUT2D eigenvalue weighted by Crippen LogP contribution is -2.50. The number of ether oxygens (including phenoxy) is 1. The molecule has 0 spiro atoms. The van der Waals surface area contributed by atoms with Crippen LogP contribution in [-0.4, -0.2) is 60.1 Å². The first-order valence-corrected chi connectivity index (χ1v) is 8.18. The second-order valence-electron chi connectivity index (χ2n) is 5.80. The molecule has 0 aliphatic carbocycles. The quantitative estimate of drug-likeness (QED) is 0.722. The number of carbonyl (C=O) groups is 1. The molecule has 5 nitrogen and oxygen atoms in total. The summed E-state index contributed by atoms with van der Waals surface area (Å²) in [4.78, 5) is 21.0. The molecule has 1 fully saturated rings. The summed E-state index contributed by atoms with van der Waals surface area (Å²) in [5, 5.41) is 0. The van der Waals surface area contributed by atoms with Gasteiger partial charge in [-0.15, -0.1) is 0 Å². The summed E-state index contributed by atoms with van der Waals surface area (Å²) in [5.74, 6) is 0.211. The van der Waals surface area contributed by atoms with Gasteiger partial charge in [0.05, 0.1) is 12.6 Å². The van der Waals surface area contributed by atoms with Crippen molar-refractivity contribution >= 4 is 5.91 Å². The van der Waals surface area contributed by atoms with Gasteiger partial charge in [-0.1, -0.05) is 12.5 Å². The van der Waals surface area contributed by atoms with Gasteiger partial charge in [-0.05, 0) is 37.9 Å². The molecule has 0 N–H and O–H groups in total. The molecule has 122 valence electrons. The van der Waals surface area contributed by atoms with Crippen molar-refractivity contribution in [1.82, 2.24) is 14.8 Å². The molecular weight excluding hydrogens is 278 g/mol. The minimum Gasteiger partial charge on any atom is -0.380 e. The predicted octanol–water partition coefficient (Wildman–Crippen LogP) is 1.93. The molecule has 0 saturated carbocycles. The zero-order valence-corrected chi connectivity index (χ0v) is 13.7. The smallest absolute Gasteiger partial charge is 0.239 e. The Kier molecular flexibility index (Phi) is 6.80. The SMILES string of the molecule is CCOCCN(C)C(=O)C1CCCCN1Cc1cccnc1. The van der Waals surface area contributed by atoms with E-state index in [1.165, 1.54) is 5.56 Å². The van der Waals surface area contributed by atoms with E-state index in [0.29, 0.717) is 19.8 Å². The van der Waals surface area contributed by atoms with Gasteiger partial charge in [0.2, 0.25) is 5.91 Å². The summed E-state index contributed by atoms with van der Waals surface area (Å²) in [6.07, 6.45) is 6.89. The summed E-state index contributed by atoms with van der Waals surface area (Å²) in [7, 11) is 1.87. The number of likely N-dealkylation sites (N-methyl/N-ethyl adjacent to an activating group) is 1. The number of hydrogen-bond acceptors (Lipinski definition) is 4. The van der Waals surface area contributed by atoms with E-state index in [-0.39, 0.29) is 11.9 Å². The van der Waals surface area contributed by atoms with E-state index in [4.69, 9.17) is 4.74 Å². The van der Waals surface area contributed by atoms with Crippen LogP contribution in [0.3, 0.4) is 0 Å². The van der Waals surface area contributed by atoms with Crippen molar-refractivity contribution in [2.24, 2.45) is 0 Å². The summed E-state index contributed by atoms with van der Waals surface area (Å²) < 4.78 is 5.35. The number of amides is 1. The molecule has 2 heterocycles. The van der Waals surface area contributed by atoms with Gasteiger partial charge in [0.25, 0.3) is 0 Å². The highest BCUT2D eigenvalue weighted by molar-refractivity contribution is 5.81. The zero-order chi connectivity index (χ0) is 15.8. The molecule has 0 aromatic carbocycles. The number of rotatable bonds is 7. The van der Waals surface area contributed by atoms with Gasteiger partial charge in [-0.2, -0.15) is 0 Å². The Bertz CT molecular complexity index is 452. The molecule has 1 aliphatic rings. The van der Waals surface area contributed by atoms with Crippen LogP contribution in [0.5, 0.6) is 0 Å². The molecule has 1 unspecified atom stereocenters. The van der Waals surface area contributed by atoms with Crippen LogP contribution in [0.2, 0.25) is 0 Å². The highest BCUT2D eigenvalue weighted by atomic mass is 16.5. The van der Waals surface area contributed by atoms with Crippen molar-refractivity contribution in [2.75, 3.05) is 33.4 Å². The topological polar surface area (TPSA) is 45.7 Å². The minimum absolute atomic E-state index is 0.0133. The number of hydrogen-bond donors (Lipinski definition) is 0. The van der Waals surface area contributed by atoms with Crippen molar-refractivity contribution < 1.29 is 9.53 Å². The number of aromatic nitrogens is 1. The van der Waals surface area contributed by atoms with E-state index in [1.54, 1.807) is 6.20 Å². The number of nitrogens with zero attached hydrogens (tertiary/aromatic N) is 3. The third-order valence-electron chi connectivity index (χ3n) is 4.16. The lowest BCUT2D eigenvalue weighted by molar-refractivity contribution is -0.137. The van der Waals surface area contributed by atoms with Crippen molar-refractivity contribution in [3.05, 3.63) is 30.1 Å². The maximum Gasteiger partial charge on any atom is 0.239 e. The number of pyridine rings is 1. The summed E-state index contributed by atoms with van der Waals surface area (Å²) in [6, 6.07) is 4.01. The van der Waals surface area contributed by atoms with E-state index in [2.05, 4.69) is 16.0 Å². The summed E-state index contributed by atoms with van der Waals surface area (Å²) >= 11 is 0. The van der Waals surface area contributed by atoms with Crippen molar-refractivity contribution in [3.63, 3.8) is 0 Å². The highest BCUT2D eigenvalue weighted by Crippen LogP contribution is 2.21. The lowest BCUT2D eigenvalue weighted by Gasteiger charge is -2.36. The molecule has 22 heavy (non-hydrogen) atoms. The number of likely N-dealkylation sites (tertiary alicyclic amines) is 1. The van der Waals surface area contributed by atoms with Crippen LogP contribution >= 0.6 is 0 Å².